The van der Waals surface area contributed by atoms with Crippen LogP contribution in [0.1, 0.15) is 23.3 Å². The minimum absolute atomic E-state index is 0.157. The second-order valence-corrected chi connectivity index (χ2v) is 6.66. The quantitative estimate of drug-likeness (QED) is 0.849. The van der Waals surface area contributed by atoms with Crippen LogP contribution in [-0.2, 0) is 4.79 Å². The summed E-state index contributed by atoms with van der Waals surface area (Å²) < 4.78 is 5.85. The van der Waals surface area contributed by atoms with E-state index in [0.29, 0.717) is 43.4 Å². The van der Waals surface area contributed by atoms with Gasteiger partial charge in [0.15, 0.2) is 11.4 Å². The topological polar surface area (TPSA) is 62.7 Å². The molecule has 2 heterocycles. The van der Waals surface area contributed by atoms with E-state index >= 15 is 0 Å². The van der Waals surface area contributed by atoms with Gasteiger partial charge < -0.3 is 14.5 Å². The maximum atomic E-state index is 12.9. The SMILES string of the molecule is O=C(c1ncccc1Oc1ccccc1)N1CCN(C(=O)C2CC2)CC1. The number of carbonyl (C=O) groups is 2. The number of pyridine rings is 1. The average molecular weight is 351 g/mol. The number of carbonyl (C=O) groups excluding carboxylic acids is 2. The fourth-order valence-corrected chi connectivity index (χ4v) is 3.12. The number of para-hydroxylation sites is 1. The summed E-state index contributed by atoms with van der Waals surface area (Å²) in [5, 5.41) is 0. The van der Waals surface area contributed by atoms with Crippen LogP contribution in [0.2, 0.25) is 0 Å². The van der Waals surface area contributed by atoms with E-state index < -0.39 is 0 Å². The van der Waals surface area contributed by atoms with Gasteiger partial charge in [0, 0.05) is 38.3 Å². The van der Waals surface area contributed by atoms with Crippen LogP contribution in [0.4, 0.5) is 0 Å². The normalized spacial score (nSPS) is 17.1. The molecule has 6 nitrogen and oxygen atoms in total. The van der Waals surface area contributed by atoms with Gasteiger partial charge in [0.25, 0.3) is 5.91 Å². The average Bonchev–Trinajstić information content (AvgIpc) is 3.54. The molecule has 1 aromatic heterocycles. The first-order chi connectivity index (χ1) is 12.7. The lowest BCUT2D eigenvalue weighted by atomic mass is 10.2. The summed E-state index contributed by atoms with van der Waals surface area (Å²) in [7, 11) is 0. The van der Waals surface area contributed by atoms with Gasteiger partial charge in [0.1, 0.15) is 5.75 Å². The molecule has 1 saturated carbocycles. The van der Waals surface area contributed by atoms with Crippen LogP contribution >= 0.6 is 0 Å². The van der Waals surface area contributed by atoms with Gasteiger partial charge in [-0.15, -0.1) is 0 Å². The van der Waals surface area contributed by atoms with Crippen LogP contribution in [0, 0.1) is 5.92 Å². The van der Waals surface area contributed by atoms with E-state index in [1.165, 1.54) is 0 Å². The minimum Gasteiger partial charge on any atom is -0.455 e. The third-order valence-corrected chi connectivity index (χ3v) is 4.75. The van der Waals surface area contributed by atoms with Gasteiger partial charge in [-0.25, -0.2) is 4.98 Å². The van der Waals surface area contributed by atoms with Crippen LogP contribution in [0.3, 0.4) is 0 Å². The molecule has 4 rings (SSSR count). The molecule has 0 atom stereocenters. The summed E-state index contributed by atoms with van der Waals surface area (Å²) in [6.07, 6.45) is 3.61. The third-order valence-electron chi connectivity index (χ3n) is 4.75. The van der Waals surface area contributed by atoms with Crippen molar-refractivity contribution in [3.8, 4) is 11.5 Å². The molecule has 1 saturated heterocycles. The standard InChI is InChI=1S/C20H21N3O3/c24-19(15-8-9-15)22-11-13-23(14-12-22)20(25)18-17(7-4-10-21-18)26-16-5-2-1-3-6-16/h1-7,10,15H,8-9,11-14H2. The third kappa shape index (κ3) is 3.54. The Morgan fingerprint density at radius 2 is 1.62 bits per heavy atom. The van der Waals surface area contributed by atoms with Crippen molar-refractivity contribution in [1.82, 2.24) is 14.8 Å². The Morgan fingerprint density at radius 3 is 2.31 bits per heavy atom. The molecule has 6 heteroatoms. The van der Waals surface area contributed by atoms with Crippen LogP contribution in [-0.4, -0.2) is 52.8 Å². The highest BCUT2D eigenvalue weighted by Gasteiger charge is 2.35. The summed E-state index contributed by atoms with van der Waals surface area (Å²) >= 11 is 0. The fourth-order valence-electron chi connectivity index (χ4n) is 3.12. The zero-order chi connectivity index (χ0) is 17.9. The first-order valence-corrected chi connectivity index (χ1v) is 8.98. The lowest BCUT2D eigenvalue weighted by Crippen LogP contribution is -2.51. The van der Waals surface area contributed by atoms with Crippen molar-refractivity contribution in [1.29, 1.82) is 0 Å². The molecule has 0 radical (unpaired) electrons. The Morgan fingerprint density at radius 1 is 0.923 bits per heavy atom. The molecule has 2 aromatic rings. The summed E-state index contributed by atoms with van der Waals surface area (Å²) in [6, 6.07) is 12.8. The van der Waals surface area contributed by atoms with Gasteiger partial charge in [-0.2, -0.15) is 0 Å². The lowest BCUT2D eigenvalue weighted by molar-refractivity contribution is -0.134. The van der Waals surface area contributed by atoms with Gasteiger partial charge in [0.05, 0.1) is 0 Å². The van der Waals surface area contributed by atoms with E-state index in [1.54, 1.807) is 23.2 Å². The van der Waals surface area contributed by atoms with Gasteiger partial charge in [0.2, 0.25) is 5.91 Å². The summed E-state index contributed by atoms with van der Waals surface area (Å²) in [5.74, 6) is 1.41. The number of amides is 2. The fraction of sp³-hybridized carbons (Fsp3) is 0.350. The van der Waals surface area contributed by atoms with Gasteiger partial charge in [-0.05, 0) is 37.1 Å². The highest BCUT2D eigenvalue weighted by molar-refractivity contribution is 5.95. The van der Waals surface area contributed by atoms with Crippen molar-refractivity contribution in [3.05, 3.63) is 54.4 Å². The highest BCUT2D eigenvalue weighted by atomic mass is 16.5. The maximum Gasteiger partial charge on any atom is 0.276 e. The minimum atomic E-state index is -0.157. The zero-order valence-corrected chi connectivity index (χ0v) is 14.5. The van der Waals surface area contributed by atoms with E-state index in [4.69, 9.17) is 4.74 Å². The van der Waals surface area contributed by atoms with Crippen molar-refractivity contribution in [3.63, 3.8) is 0 Å². The van der Waals surface area contributed by atoms with Crippen molar-refractivity contribution < 1.29 is 14.3 Å². The number of rotatable bonds is 4. The number of aromatic nitrogens is 1. The highest BCUT2D eigenvalue weighted by Crippen LogP contribution is 2.31. The second-order valence-electron chi connectivity index (χ2n) is 6.66. The molecule has 26 heavy (non-hydrogen) atoms. The first-order valence-electron chi connectivity index (χ1n) is 8.98. The summed E-state index contributed by atoms with van der Waals surface area (Å²) in [6.45, 7) is 2.23. The number of benzene rings is 1. The van der Waals surface area contributed by atoms with Crippen LogP contribution in [0.25, 0.3) is 0 Å². The van der Waals surface area contributed by atoms with Crippen molar-refractivity contribution >= 4 is 11.8 Å². The van der Waals surface area contributed by atoms with E-state index in [2.05, 4.69) is 4.98 Å². The molecule has 0 unspecified atom stereocenters. The van der Waals surface area contributed by atoms with Crippen LogP contribution in [0.15, 0.2) is 48.7 Å². The van der Waals surface area contributed by atoms with E-state index in [9.17, 15) is 9.59 Å². The van der Waals surface area contributed by atoms with Crippen LogP contribution in [0.5, 0.6) is 11.5 Å². The molecular formula is C20H21N3O3. The Balaban J connectivity index is 1.44. The van der Waals surface area contributed by atoms with Crippen molar-refractivity contribution in [2.75, 3.05) is 26.2 Å². The van der Waals surface area contributed by atoms with E-state index in [1.807, 2.05) is 35.2 Å². The number of hydrogen-bond donors (Lipinski definition) is 0. The molecule has 1 aromatic carbocycles. The van der Waals surface area contributed by atoms with Crippen molar-refractivity contribution in [2.45, 2.75) is 12.8 Å². The Kier molecular flexibility index (Phi) is 4.56. The first kappa shape index (κ1) is 16.6. The van der Waals surface area contributed by atoms with E-state index in [0.717, 1.165) is 12.8 Å². The Hall–Kier alpha value is -2.89. The van der Waals surface area contributed by atoms with Gasteiger partial charge in [-0.3, -0.25) is 9.59 Å². The number of nitrogens with zero attached hydrogens (tertiary/aromatic N) is 3. The monoisotopic (exact) mass is 351 g/mol. The van der Waals surface area contributed by atoms with Gasteiger partial charge in [-0.1, -0.05) is 18.2 Å². The van der Waals surface area contributed by atoms with E-state index in [-0.39, 0.29) is 17.7 Å². The second kappa shape index (κ2) is 7.15. The molecule has 2 amide bonds. The molecular weight excluding hydrogens is 330 g/mol. The lowest BCUT2D eigenvalue weighted by Gasteiger charge is -2.34. The molecule has 134 valence electrons. The smallest absolute Gasteiger partial charge is 0.276 e. The zero-order valence-electron chi connectivity index (χ0n) is 14.5. The number of hydrogen-bond acceptors (Lipinski definition) is 4. The largest absolute Gasteiger partial charge is 0.455 e. The predicted molar refractivity (Wildman–Crippen MR) is 96.0 cm³/mol. The van der Waals surface area contributed by atoms with Gasteiger partial charge >= 0.3 is 0 Å². The molecule has 2 aliphatic rings. The Labute approximate surface area is 152 Å². The number of ether oxygens (including phenoxy) is 1. The molecule has 0 bridgehead atoms. The number of piperazine rings is 1. The maximum absolute atomic E-state index is 12.9. The molecule has 1 aliphatic carbocycles. The summed E-state index contributed by atoms with van der Waals surface area (Å²) in [4.78, 5) is 32.9. The van der Waals surface area contributed by atoms with Crippen LogP contribution < -0.4 is 4.74 Å². The molecule has 0 spiro atoms. The molecule has 0 N–H and O–H groups in total. The molecule has 1 aliphatic heterocycles. The molecule has 2 fully saturated rings. The predicted octanol–water partition coefficient (Wildman–Crippen LogP) is 2.57. The Bertz CT molecular complexity index is 797. The van der Waals surface area contributed by atoms with Crippen molar-refractivity contribution in [2.24, 2.45) is 5.92 Å². The summed E-state index contributed by atoms with van der Waals surface area (Å²) in [5.41, 5.74) is 0.304.